The van der Waals surface area contributed by atoms with Gasteiger partial charge < -0.3 is 10.1 Å². The fraction of sp³-hybridized carbons (Fsp3) is 0.350. The minimum Gasteiger partial charge on any atom is -0.494 e. The number of carbonyl (C=O) groups is 1. The summed E-state index contributed by atoms with van der Waals surface area (Å²) in [6.07, 6.45) is 1.80. The van der Waals surface area contributed by atoms with E-state index in [1.54, 1.807) is 36.4 Å². The molecule has 1 N–H and O–H groups in total. The van der Waals surface area contributed by atoms with Crippen molar-refractivity contribution in [2.75, 3.05) is 23.7 Å². The van der Waals surface area contributed by atoms with Gasteiger partial charge in [0, 0.05) is 24.5 Å². The second-order valence-electron chi connectivity index (χ2n) is 6.27. The van der Waals surface area contributed by atoms with Gasteiger partial charge in [-0.05, 0) is 55.3 Å². The van der Waals surface area contributed by atoms with Crippen LogP contribution >= 0.6 is 11.6 Å². The zero-order chi connectivity index (χ0) is 20.6. The van der Waals surface area contributed by atoms with Crippen molar-refractivity contribution in [1.29, 1.82) is 0 Å². The lowest BCUT2D eigenvalue weighted by atomic mass is 10.2. The molecule has 0 saturated carbocycles. The van der Waals surface area contributed by atoms with E-state index in [1.807, 2.05) is 19.1 Å². The Morgan fingerprint density at radius 1 is 1.11 bits per heavy atom. The van der Waals surface area contributed by atoms with Crippen LogP contribution < -0.4 is 14.4 Å². The van der Waals surface area contributed by atoms with Crippen LogP contribution in [0.4, 0.5) is 5.69 Å². The largest absolute Gasteiger partial charge is 0.494 e. The zero-order valence-electron chi connectivity index (χ0n) is 16.0. The molecule has 1 amide bonds. The van der Waals surface area contributed by atoms with Crippen LogP contribution in [0.15, 0.2) is 48.5 Å². The summed E-state index contributed by atoms with van der Waals surface area (Å²) >= 11 is 5.84. The Balaban J connectivity index is 1.87. The van der Waals surface area contributed by atoms with Gasteiger partial charge in [0.25, 0.3) is 0 Å². The van der Waals surface area contributed by atoms with Crippen LogP contribution in [0, 0.1) is 0 Å². The molecule has 0 spiro atoms. The summed E-state index contributed by atoms with van der Waals surface area (Å²) in [5.41, 5.74) is 1.50. The molecule has 2 rings (SSSR count). The molecule has 0 unspecified atom stereocenters. The molecule has 0 bridgehead atoms. The summed E-state index contributed by atoms with van der Waals surface area (Å²) in [6, 6.07) is 14.1. The molecule has 0 fully saturated rings. The molecule has 0 aliphatic rings. The number of nitrogens with zero attached hydrogens (tertiary/aromatic N) is 1. The maximum atomic E-state index is 12.1. The highest BCUT2D eigenvalue weighted by Gasteiger charge is 2.17. The molecule has 28 heavy (non-hydrogen) atoms. The van der Waals surface area contributed by atoms with E-state index in [-0.39, 0.29) is 18.9 Å². The summed E-state index contributed by atoms with van der Waals surface area (Å²) in [5.74, 6) is 0.552. The Hall–Kier alpha value is -2.25. The fourth-order valence-corrected chi connectivity index (χ4v) is 3.73. The Labute approximate surface area is 171 Å². The second kappa shape index (κ2) is 10.3. The Morgan fingerprint density at radius 3 is 2.32 bits per heavy atom. The zero-order valence-corrected chi connectivity index (χ0v) is 17.6. The summed E-state index contributed by atoms with van der Waals surface area (Å²) in [6.45, 7) is 3.06. The third kappa shape index (κ3) is 7.05. The number of amides is 1. The van der Waals surface area contributed by atoms with Crippen molar-refractivity contribution in [2.24, 2.45) is 0 Å². The molecule has 0 saturated heterocycles. The van der Waals surface area contributed by atoms with Crippen molar-refractivity contribution in [3.63, 3.8) is 0 Å². The first kappa shape index (κ1) is 22.0. The molecular formula is C20H25ClN2O4S. The maximum Gasteiger partial charge on any atom is 0.232 e. The number of hydrogen-bond acceptors (Lipinski definition) is 4. The van der Waals surface area contributed by atoms with Crippen LogP contribution in [-0.2, 0) is 21.4 Å². The minimum atomic E-state index is -3.45. The van der Waals surface area contributed by atoms with Crippen LogP contribution in [0.5, 0.6) is 5.75 Å². The number of nitrogens with one attached hydrogen (secondary N) is 1. The molecular weight excluding hydrogens is 400 g/mol. The van der Waals surface area contributed by atoms with Crippen molar-refractivity contribution in [3.8, 4) is 5.75 Å². The van der Waals surface area contributed by atoms with Crippen molar-refractivity contribution < 1.29 is 17.9 Å². The number of anilines is 1. The number of benzene rings is 2. The molecule has 152 valence electrons. The number of sulfonamides is 1. The highest BCUT2D eigenvalue weighted by atomic mass is 35.5. The summed E-state index contributed by atoms with van der Waals surface area (Å²) in [5, 5.41) is 3.47. The summed E-state index contributed by atoms with van der Waals surface area (Å²) in [7, 11) is -3.45. The van der Waals surface area contributed by atoms with Gasteiger partial charge in [-0.2, -0.15) is 0 Å². The molecule has 0 aliphatic carbocycles. The standard InChI is InChI=1S/C20H25ClN2O4S/c1-3-27-19-12-10-18(11-13-19)23(28(2,25)26)14-4-5-20(24)22-15-16-6-8-17(21)9-7-16/h6-13H,3-5,14-15H2,1-2H3,(H,22,24). The normalized spacial score (nSPS) is 11.1. The molecule has 6 nitrogen and oxygen atoms in total. The van der Waals surface area contributed by atoms with E-state index in [4.69, 9.17) is 16.3 Å². The first-order valence-electron chi connectivity index (χ1n) is 9.01. The van der Waals surface area contributed by atoms with Crippen LogP contribution in [0.1, 0.15) is 25.3 Å². The van der Waals surface area contributed by atoms with Crippen LogP contribution in [0.3, 0.4) is 0 Å². The highest BCUT2D eigenvalue weighted by molar-refractivity contribution is 7.92. The lowest BCUT2D eigenvalue weighted by Crippen LogP contribution is -2.32. The fourth-order valence-electron chi connectivity index (χ4n) is 2.64. The van der Waals surface area contributed by atoms with E-state index in [0.29, 0.717) is 36.0 Å². The van der Waals surface area contributed by atoms with Gasteiger partial charge in [0.15, 0.2) is 0 Å². The predicted molar refractivity (Wildman–Crippen MR) is 112 cm³/mol. The van der Waals surface area contributed by atoms with Crippen LogP contribution in [0.2, 0.25) is 5.02 Å². The van der Waals surface area contributed by atoms with Crippen LogP contribution in [-0.4, -0.2) is 33.7 Å². The van der Waals surface area contributed by atoms with Gasteiger partial charge in [0.05, 0.1) is 18.6 Å². The third-order valence-corrected chi connectivity index (χ3v) is 5.45. The van der Waals surface area contributed by atoms with Gasteiger partial charge >= 0.3 is 0 Å². The number of halogens is 1. The monoisotopic (exact) mass is 424 g/mol. The lowest BCUT2D eigenvalue weighted by Gasteiger charge is -2.22. The molecule has 0 radical (unpaired) electrons. The van der Waals surface area contributed by atoms with Crippen LogP contribution in [0.25, 0.3) is 0 Å². The SMILES string of the molecule is CCOc1ccc(N(CCCC(=O)NCc2ccc(Cl)cc2)S(C)(=O)=O)cc1. The number of ether oxygens (including phenoxy) is 1. The van der Waals surface area contributed by atoms with E-state index in [0.717, 1.165) is 11.8 Å². The molecule has 0 heterocycles. The van der Waals surface area contributed by atoms with E-state index < -0.39 is 10.0 Å². The molecule has 2 aromatic carbocycles. The van der Waals surface area contributed by atoms with Gasteiger partial charge in [-0.3, -0.25) is 9.10 Å². The first-order chi connectivity index (χ1) is 13.3. The van der Waals surface area contributed by atoms with Gasteiger partial charge in [0.1, 0.15) is 5.75 Å². The molecule has 0 aliphatic heterocycles. The van der Waals surface area contributed by atoms with E-state index >= 15 is 0 Å². The van der Waals surface area contributed by atoms with Gasteiger partial charge in [0.2, 0.25) is 15.9 Å². The molecule has 0 atom stereocenters. The minimum absolute atomic E-state index is 0.130. The Morgan fingerprint density at radius 2 is 1.75 bits per heavy atom. The van der Waals surface area contributed by atoms with Crippen molar-refractivity contribution in [3.05, 3.63) is 59.1 Å². The number of hydrogen-bond donors (Lipinski definition) is 1. The average molecular weight is 425 g/mol. The summed E-state index contributed by atoms with van der Waals surface area (Å²) < 4.78 is 31.0. The predicted octanol–water partition coefficient (Wildman–Crippen LogP) is 3.60. The third-order valence-electron chi connectivity index (χ3n) is 4.00. The van der Waals surface area contributed by atoms with E-state index in [1.165, 1.54) is 4.31 Å². The molecule has 2 aromatic rings. The maximum absolute atomic E-state index is 12.1. The van der Waals surface area contributed by atoms with Gasteiger partial charge in [-0.1, -0.05) is 23.7 Å². The highest BCUT2D eigenvalue weighted by Crippen LogP contribution is 2.22. The number of carbonyl (C=O) groups excluding carboxylic acids is 1. The lowest BCUT2D eigenvalue weighted by molar-refractivity contribution is -0.121. The average Bonchev–Trinajstić information content (AvgIpc) is 2.65. The van der Waals surface area contributed by atoms with Gasteiger partial charge in [-0.25, -0.2) is 8.42 Å². The van der Waals surface area contributed by atoms with Crippen molar-refractivity contribution in [2.45, 2.75) is 26.3 Å². The molecule has 0 aromatic heterocycles. The van der Waals surface area contributed by atoms with Crippen molar-refractivity contribution in [1.82, 2.24) is 5.32 Å². The van der Waals surface area contributed by atoms with Crippen molar-refractivity contribution >= 4 is 33.2 Å². The number of rotatable bonds is 10. The summed E-state index contributed by atoms with van der Waals surface area (Å²) in [4.78, 5) is 12.0. The molecule has 8 heteroatoms. The topological polar surface area (TPSA) is 75.7 Å². The first-order valence-corrected chi connectivity index (χ1v) is 11.2. The van der Waals surface area contributed by atoms with E-state index in [2.05, 4.69) is 5.32 Å². The quantitative estimate of drug-likeness (QED) is 0.632. The van der Waals surface area contributed by atoms with E-state index in [9.17, 15) is 13.2 Å². The Kier molecular flexibility index (Phi) is 8.14. The van der Waals surface area contributed by atoms with Gasteiger partial charge in [-0.15, -0.1) is 0 Å². The smallest absolute Gasteiger partial charge is 0.232 e. The second-order valence-corrected chi connectivity index (χ2v) is 8.61. The Bertz CT molecular complexity index is 868.